The average molecular weight is 387 g/mol. The summed E-state index contributed by atoms with van der Waals surface area (Å²) in [6.45, 7) is 2.81. The maximum Gasteiger partial charge on any atom is 0.416 e. The number of hydrogen-bond acceptors (Lipinski definition) is 4. The summed E-state index contributed by atoms with van der Waals surface area (Å²) in [6.07, 6.45) is -4.45. The molecular formula is C16H16F3N3O3S. The Morgan fingerprint density at radius 1 is 1.27 bits per heavy atom. The second-order valence-electron chi connectivity index (χ2n) is 5.26. The summed E-state index contributed by atoms with van der Waals surface area (Å²) in [5, 5.41) is 6.40. The van der Waals surface area contributed by atoms with Crippen molar-refractivity contribution in [1.29, 1.82) is 0 Å². The van der Waals surface area contributed by atoms with Gasteiger partial charge in [0.2, 0.25) is 10.0 Å². The lowest BCUT2D eigenvalue weighted by Crippen LogP contribution is -2.25. The molecule has 0 radical (unpaired) electrons. The van der Waals surface area contributed by atoms with Crippen molar-refractivity contribution in [3.05, 3.63) is 41.2 Å². The Balaban J connectivity index is 1.88. The number of aromatic nitrogens is 2. The fourth-order valence-electron chi connectivity index (χ4n) is 2.14. The third kappa shape index (κ3) is 5.00. The Morgan fingerprint density at radius 2 is 2.00 bits per heavy atom. The van der Waals surface area contributed by atoms with Gasteiger partial charge in [-0.1, -0.05) is 17.9 Å². The Kier molecular flexibility index (Phi) is 5.94. The van der Waals surface area contributed by atoms with Crippen molar-refractivity contribution in [2.45, 2.75) is 24.9 Å². The number of aryl methyl sites for hydroxylation is 2. The molecule has 26 heavy (non-hydrogen) atoms. The quantitative estimate of drug-likeness (QED) is 0.772. The standard InChI is InChI=1S/C16H16F3N3O3S/c1-11-15(12(2)22-21-11)26(23,24)20-8-3-4-9-25-14-7-5-6-13(10-14)16(17,18)19/h5-7,10,20H,8-9H2,1-2H3,(H,21,22). The molecule has 2 N–H and O–H groups in total. The van der Waals surface area contributed by atoms with Gasteiger partial charge in [0.15, 0.2) is 0 Å². The van der Waals surface area contributed by atoms with Crippen molar-refractivity contribution in [3.8, 4) is 17.6 Å². The summed E-state index contributed by atoms with van der Waals surface area (Å²) in [6, 6.07) is 4.42. The second-order valence-corrected chi connectivity index (χ2v) is 6.96. The van der Waals surface area contributed by atoms with Crippen LogP contribution in [0.4, 0.5) is 13.2 Å². The van der Waals surface area contributed by atoms with Gasteiger partial charge in [0, 0.05) is 0 Å². The van der Waals surface area contributed by atoms with E-state index < -0.39 is 21.8 Å². The van der Waals surface area contributed by atoms with Gasteiger partial charge in [0.1, 0.15) is 17.3 Å². The summed E-state index contributed by atoms with van der Waals surface area (Å²) >= 11 is 0. The predicted molar refractivity (Wildman–Crippen MR) is 88.0 cm³/mol. The molecule has 0 bridgehead atoms. The number of benzene rings is 1. The minimum absolute atomic E-state index is 0.0272. The number of rotatable bonds is 5. The largest absolute Gasteiger partial charge is 0.481 e. The lowest BCUT2D eigenvalue weighted by atomic mass is 10.2. The van der Waals surface area contributed by atoms with Crippen LogP contribution in [-0.4, -0.2) is 31.8 Å². The molecule has 0 saturated heterocycles. The zero-order valence-electron chi connectivity index (χ0n) is 13.9. The van der Waals surface area contributed by atoms with E-state index >= 15 is 0 Å². The highest BCUT2D eigenvalue weighted by Crippen LogP contribution is 2.31. The molecule has 2 aromatic rings. The molecule has 6 nitrogen and oxygen atoms in total. The van der Waals surface area contributed by atoms with Crippen molar-refractivity contribution >= 4 is 10.0 Å². The monoisotopic (exact) mass is 387 g/mol. The molecule has 2 rings (SSSR count). The number of hydrogen-bond donors (Lipinski definition) is 2. The lowest BCUT2D eigenvalue weighted by Gasteiger charge is -2.08. The molecule has 0 atom stereocenters. The van der Waals surface area contributed by atoms with Gasteiger partial charge < -0.3 is 4.74 Å². The van der Waals surface area contributed by atoms with Crippen molar-refractivity contribution in [1.82, 2.24) is 14.9 Å². The Bertz CT molecular complexity index is 921. The molecule has 0 spiro atoms. The Hall–Kier alpha value is -2.51. The summed E-state index contributed by atoms with van der Waals surface area (Å²) in [4.78, 5) is 0.0690. The number of H-pyrrole nitrogens is 1. The number of aromatic amines is 1. The van der Waals surface area contributed by atoms with Gasteiger partial charge in [-0.3, -0.25) is 5.10 Å². The summed E-state index contributed by atoms with van der Waals surface area (Å²) in [5.74, 6) is 5.10. The fourth-order valence-corrected chi connectivity index (χ4v) is 3.42. The zero-order chi connectivity index (χ0) is 19.4. The third-order valence-electron chi connectivity index (χ3n) is 3.28. The normalized spacial score (nSPS) is 11.7. The Morgan fingerprint density at radius 3 is 2.62 bits per heavy atom. The van der Waals surface area contributed by atoms with Crippen LogP contribution in [0.1, 0.15) is 17.0 Å². The van der Waals surface area contributed by atoms with Crippen molar-refractivity contribution in [3.63, 3.8) is 0 Å². The number of alkyl halides is 3. The summed E-state index contributed by atoms with van der Waals surface area (Å²) < 4.78 is 69.5. The maximum atomic E-state index is 12.6. The van der Waals surface area contributed by atoms with E-state index in [1.165, 1.54) is 12.1 Å². The van der Waals surface area contributed by atoms with E-state index in [-0.39, 0.29) is 23.8 Å². The molecule has 1 aromatic heterocycles. The van der Waals surface area contributed by atoms with Gasteiger partial charge in [0.25, 0.3) is 0 Å². The van der Waals surface area contributed by atoms with Crippen molar-refractivity contribution in [2.75, 3.05) is 13.2 Å². The van der Waals surface area contributed by atoms with Crippen LogP contribution in [0, 0.1) is 25.7 Å². The zero-order valence-corrected chi connectivity index (χ0v) is 14.8. The van der Waals surface area contributed by atoms with E-state index in [1.807, 2.05) is 0 Å². The molecule has 0 aliphatic carbocycles. The molecule has 0 unspecified atom stereocenters. The van der Waals surface area contributed by atoms with Crippen LogP contribution in [0.25, 0.3) is 0 Å². The summed E-state index contributed by atoms with van der Waals surface area (Å²) in [5.41, 5.74) is -0.0618. The number of sulfonamides is 1. The molecule has 0 fully saturated rings. The number of halogens is 3. The van der Waals surface area contributed by atoms with Crippen LogP contribution in [0.2, 0.25) is 0 Å². The van der Waals surface area contributed by atoms with Crippen LogP contribution in [0.3, 0.4) is 0 Å². The molecule has 0 aliphatic heterocycles. The minimum Gasteiger partial charge on any atom is -0.481 e. The fraction of sp³-hybridized carbons (Fsp3) is 0.312. The van der Waals surface area contributed by atoms with E-state index in [2.05, 4.69) is 26.8 Å². The first kappa shape index (κ1) is 19.8. The number of nitrogens with zero attached hydrogens (tertiary/aromatic N) is 1. The van der Waals surface area contributed by atoms with Crippen LogP contribution in [-0.2, 0) is 16.2 Å². The van der Waals surface area contributed by atoms with Gasteiger partial charge in [-0.25, -0.2) is 8.42 Å². The van der Waals surface area contributed by atoms with Crippen LogP contribution < -0.4 is 9.46 Å². The molecule has 140 valence electrons. The smallest absolute Gasteiger partial charge is 0.416 e. The average Bonchev–Trinajstić information content (AvgIpc) is 2.89. The van der Waals surface area contributed by atoms with Gasteiger partial charge in [-0.05, 0) is 32.0 Å². The Labute approximate surface area is 148 Å². The van der Waals surface area contributed by atoms with Gasteiger partial charge in [-0.15, -0.1) is 0 Å². The van der Waals surface area contributed by atoms with Gasteiger partial charge >= 0.3 is 6.18 Å². The SMILES string of the molecule is Cc1n[nH]c(C)c1S(=O)(=O)NCC#CCOc1cccc(C(F)(F)F)c1. The first-order chi connectivity index (χ1) is 12.1. The van der Waals surface area contributed by atoms with E-state index in [9.17, 15) is 21.6 Å². The van der Waals surface area contributed by atoms with Crippen LogP contribution in [0.5, 0.6) is 5.75 Å². The molecule has 0 amide bonds. The van der Waals surface area contributed by atoms with E-state index in [0.29, 0.717) is 11.4 Å². The van der Waals surface area contributed by atoms with E-state index in [1.54, 1.807) is 13.8 Å². The van der Waals surface area contributed by atoms with E-state index in [0.717, 1.165) is 12.1 Å². The highest BCUT2D eigenvalue weighted by Gasteiger charge is 2.30. The highest BCUT2D eigenvalue weighted by molar-refractivity contribution is 7.89. The molecule has 1 aromatic carbocycles. The number of nitrogens with one attached hydrogen (secondary N) is 2. The minimum atomic E-state index is -4.45. The third-order valence-corrected chi connectivity index (χ3v) is 4.94. The van der Waals surface area contributed by atoms with Crippen molar-refractivity contribution in [2.24, 2.45) is 0 Å². The topological polar surface area (TPSA) is 84.1 Å². The van der Waals surface area contributed by atoms with Crippen molar-refractivity contribution < 1.29 is 26.3 Å². The predicted octanol–water partition coefficient (Wildman–Crippen LogP) is 2.41. The highest BCUT2D eigenvalue weighted by atomic mass is 32.2. The molecular weight excluding hydrogens is 371 g/mol. The molecule has 0 saturated carbocycles. The first-order valence-corrected chi connectivity index (χ1v) is 8.86. The second kappa shape index (κ2) is 7.80. The van der Waals surface area contributed by atoms with E-state index in [4.69, 9.17) is 4.74 Å². The van der Waals surface area contributed by atoms with Gasteiger partial charge in [0.05, 0.1) is 23.5 Å². The lowest BCUT2D eigenvalue weighted by molar-refractivity contribution is -0.137. The maximum absolute atomic E-state index is 12.6. The number of ether oxygens (including phenoxy) is 1. The summed E-state index contributed by atoms with van der Waals surface area (Å²) in [7, 11) is -3.75. The van der Waals surface area contributed by atoms with Gasteiger partial charge in [-0.2, -0.15) is 23.0 Å². The van der Waals surface area contributed by atoms with Crippen LogP contribution in [0.15, 0.2) is 29.2 Å². The first-order valence-electron chi connectivity index (χ1n) is 7.38. The molecule has 0 aliphatic rings. The molecule has 1 heterocycles. The van der Waals surface area contributed by atoms with Crippen LogP contribution >= 0.6 is 0 Å². The molecule has 10 heteroatoms.